The molecule has 0 fully saturated rings. The summed E-state index contributed by atoms with van der Waals surface area (Å²) in [7, 11) is 1.71. The number of hydrogen-bond donors (Lipinski definition) is 1. The van der Waals surface area contributed by atoms with E-state index in [-0.39, 0.29) is 0 Å². The quantitative estimate of drug-likeness (QED) is 0.911. The highest BCUT2D eigenvalue weighted by Gasteiger charge is 2.13. The van der Waals surface area contributed by atoms with Crippen molar-refractivity contribution in [1.82, 2.24) is 5.32 Å². The number of rotatable bonds is 5. The predicted octanol–water partition coefficient (Wildman–Crippen LogP) is 3.50. The van der Waals surface area contributed by atoms with Crippen LogP contribution < -0.4 is 10.1 Å². The van der Waals surface area contributed by atoms with Gasteiger partial charge in [0.15, 0.2) is 0 Å². The van der Waals surface area contributed by atoms with Crippen LogP contribution in [0.25, 0.3) is 11.1 Å². The van der Waals surface area contributed by atoms with Gasteiger partial charge in [-0.2, -0.15) is 0 Å². The van der Waals surface area contributed by atoms with E-state index in [1.807, 2.05) is 6.07 Å². The van der Waals surface area contributed by atoms with Crippen LogP contribution in [0.1, 0.15) is 23.6 Å². The molecule has 1 heterocycles. The standard InChI is InChI=1S/C18H21NO2/c1-3-19-10-15-9-17(20-2)6-7-18(15)13-4-5-14-11-21-12-16(14)8-13/h4-9,19H,3,10-12H2,1-2H3. The molecular weight excluding hydrogens is 262 g/mol. The molecule has 1 aliphatic heterocycles. The van der Waals surface area contributed by atoms with E-state index >= 15 is 0 Å². The van der Waals surface area contributed by atoms with Crippen LogP contribution in [0.15, 0.2) is 36.4 Å². The maximum Gasteiger partial charge on any atom is 0.119 e. The van der Waals surface area contributed by atoms with Crippen LogP contribution in [0, 0.1) is 0 Å². The molecule has 1 N–H and O–H groups in total. The summed E-state index contributed by atoms with van der Waals surface area (Å²) in [4.78, 5) is 0. The van der Waals surface area contributed by atoms with Gasteiger partial charge in [-0.25, -0.2) is 0 Å². The molecule has 110 valence electrons. The highest BCUT2D eigenvalue weighted by Crippen LogP contribution is 2.31. The highest BCUT2D eigenvalue weighted by atomic mass is 16.5. The zero-order chi connectivity index (χ0) is 14.7. The Balaban J connectivity index is 2.00. The molecule has 2 aromatic rings. The summed E-state index contributed by atoms with van der Waals surface area (Å²) in [5, 5.41) is 3.40. The molecule has 1 aliphatic rings. The molecule has 2 aromatic carbocycles. The van der Waals surface area contributed by atoms with Crippen LogP contribution in [-0.4, -0.2) is 13.7 Å². The number of fused-ring (bicyclic) bond motifs is 1. The molecular formula is C18H21NO2. The summed E-state index contributed by atoms with van der Waals surface area (Å²) in [6.45, 7) is 5.38. The monoisotopic (exact) mass is 283 g/mol. The van der Waals surface area contributed by atoms with Crippen LogP contribution in [0.4, 0.5) is 0 Å². The van der Waals surface area contributed by atoms with Crippen LogP contribution in [-0.2, 0) is 24.5 Å². The van der Waals surface area contributed by atoms with Crippen molar-refractivity contribution < 1.29 is 9.47 Å². The number of benzene rings is 2. The first-order valence-corrected chi connectivity index (χ1v) is 7.39. The second kappa shape index (κ2) is 6.29. The molecule has 0 aliphatic carbocycles. The van der Waals surface area contributed by atoms with Crippen molar-refractivity contribution in [3.8, 4) is 16.9 Å². The molecule has 0 saturated carbocycles. The Hall–Kier alpha value is -1.84. The fourth-order valence-electron chi connectivity index (χ4n) is 2.72. The van der Waals surface area contributed by atoms with Gasteiger partial charge in [0.2, 0.25) is 0 Å². The van der Waals surface area contributed by atoms with Crippen molar-refractivity contribution in [3.05, 3.63) is 53.1 Å². The van der Waals surface area contributed by atoms with E-state index in [0.29, 0.717) is 0 Å². The summed E-state index contributed by atoms with van der Waals surface area (Å²) < 4.78 is 10.9. The number of ether oxygens (including phenoxy) is 2. The van der Waals surface area contributed by atoms with Crippen molar-refractivity contribution >= 4 is 0 Å². The van der Waals surface area contributed by atoms with Gasteiger partial charge in [-0.15, -0.1) is 0 Å². The smallest absolute Gasteiger partial charge is 0.119 e. The third-order valence-electron chi connectivity index (χ3n) is 3.91. The molecule has 3 nitrogen and oxygen atoms in total. The van der Waals surface area contributed by atoms with Crippen LogP contribution in [0.5, 0.6) is 5.75 Å². The van der Waals surface area contributed by atoms with E-state index in [4.69, 9.17) is 9.47 Å². The highest BCUT2D eigenvalue weighted by molar-refractivity contribution is 5.69. The van der Waals surface area contributed by atoms with Gasteiger partial charge in [0, 0.05) is 6.54 Å². The SMILES string of the molecule is CCNCc1cc(OC)ccc1-c1ccc2c(c1)COC2. The lowest BCUT2D eigenvalue weighted by atomic mass is 9.96. The van der Waals surface area contributed by atoms with Gasteiger partial charge in [-0.05, 0) is 52.6 Å². The van der Waals surface area contributed by atoms with Crippen molar-refractivity contribution in [1.29, 1.82) is 0 Å². The minimum absolute atomic E-state index is 0.724. The number of methoxy groups -OCH3 is 1. The minimum atomic E-state index is 0.724. The Kier molecular flexibility index (Phi) is 4.23. The number of nitrogens with one attached hydrogen (secondary N) is 1. The zero-order valence-electron chi connectivity index (χ0n) is 12.6. The Morgan fingerprint density at radius 1 is 1.10 bits per heavy atom. The molecule has 21 heavy (non-hydrogen) atoms. The van der Waals surface area contributed by atoms with E-state index in [9.17, 15) is 0 Å². The van der Waals surface area contributed by atoms with Crippen molar-refractivity contribution in [2.75, 3.05) is 13.7 Å². The minimum Gasteiger partial charge on any atom is -0.497 e. The van der Waals surface area contributed by atoms with Crippen molar-refractivity contribution in [2.45, 2.75) is 26.7 Å². The zero-order valence-corrected chi connectivity index (χ0v) is 12.6. The first-order valence-electron chi connectivity index (χ1n) is 7.39. The first-order chi connectivity index (χ1) is 10.3. The van der Waals surface area contributed by atoms with Crippen LogP contribution in [0.3, 0.4) is 0 Å². The predicted molar refractivity (Wildman–Crippen MR) is 84.3 cm³/mol. The largest absolute Gasteiger partial charge is 0.497 e. The molecule has 0 amide bonds. The number of hydrogen-bond acceptors (Lipinski definition) is 3. The molecule has 3 rings (SSSR count). The second-order valence-electron chi connectivity index (χ2n) is 5.28. The lowest BCUT2D eigenvalue weighted by Crippen LogP contribution is -2.12. The van der Waals surface area contributed by atoms with Gasteiger partial charge < -0.3 is 14.8 Å². The van der Waals surface area contributed by atoms with E-state index in [1.165, 1.54) is 27.8 Å². The molecule has 0 saturated heterocycles. The van der Waals surface area contributed by atoms with Crippen molar-refractivity contribution in [3.63, 3.8) is 0 Å². The Morgan fingerprint density at radius 2 is 1.95 bits per heavy atom. The Bertz CT molecular complexity index is 637. The summed E-state index contributed by atoms with van der Waals surface area (Å²) in [5.74, 6) is 0.899. The second-order valence-corrected chi connectivity index (χ2v) is 5.28. The summed E-state index contributed by atoms with van der Waals surface area (Å²) in [5.41, 5.74) is 6.37. The van der Waals surface area contributed by atoms with E-state index in [0.717, 1.165) is 32.1 Å². The lowest BCUT2D eigenvalue weighted by Gasteiger charge is -2.13. The molecule has 0 bridgehead atoms. The van der Waals surface area contributed by atoms with E-state index in [1.54, 1.807) is 7.11 Å². The van der Waals surface area contributed by atoms with Crippen molar-refractivity contribution in [2.24, 2.45) is 0 Å². The average molecular weight is 283 g/mol. The topological polar surface area (TPSA) is 30.5 Å². The Morgan fingerprint density at radius 3 is 2.76 bits per heavy atom. The molecule has 0 spiro atoms. The molecule has 0 unspecified atom stereocenters. The summed E-state index contributed by atoms with van der Waals surface area (Å²) in [6, 6.07) is 12.9. The average Bonchev–Trinajstić information content (AvgIpc) is 3.00. The van der Waals surface area contributed by atoms with Gasteiger partial charge >= 0.3 is 0 Å². The Labute approximate surface area is 125 Å². The molecule has 0 aromatic heterocycles. The van der Waals surface area contributed by atoms with Gasteiger partial charge in [0.25, 0.3) is 0 Å². The summed E-state index contributed by atoms with van der Waals surface area (Å²) >= 11 is 0. The third-order valence-corrected chi connectivity index (χ3v) is 3.91. The van der Waals surface area contributed by atoms with Gasteiger partial charge in [-0.1, -0.05) is 25.1 Å². The van der Waals surface area contributed by atoms with E-state index < -0.39 is 0 Å². The fourth-order valence-corrected chi connectivity index (χ4v) is 2.72. The summed E-state index contributed by atoms with van der Waals surface area (Å²) in [6.07, 6.45) is 0. The van der Waals surface area contributed by atoms with E-state index in [2.05, 4.69) is 42.6 Å². The normalized spacial score (nSPS) is 13.2. The van der Waals surface area contributed by atoms with Gasteiger partial charge in [-0.3, -0.25) is 0 Å². The molecule has 0 atom stereocenters. The van der Waals surface area contributed by atoms with Gasteiger partial charge in [0.1, 0.15) is 5.75 Å². The van der Waals surface area contributed by atoms with Crippen LogP contribution in [0.2, 0.25) is 0 Å². The maximum atomic E-state index is 5.51. The van der Waals surface area contributed by atoms with Gasteiger partial charge in [0.05, 0.1) is 20.3 Å². The maximum absolute atomic E-state index is 5.51. The van der Waals surface area contributed by atoms with Crippen LogP contribution >= 0.6 is 0 Å². The first kappa shape index (κ1) is 14.1. The molecule has 0 radical (unpaired) electrons. The fraction of sp³-hybridized carbons (Fsp3) is 0.333. The lowest BCUT2D eigenvalue weighted by molar-refractivity contribution is 0.134. The molecule has 3 heteroatoms. The third kappa shape index (κ3) is 2.94.